The summed E-state index contributed by atoms with van der Waals surface area (Å²) in [7, 11) is 1.44. The van der Waals surface area contributed by atoms with Crippen LogP contribution in [0, 0.1) is 0 Å². The van der Waals surface area contributed by atoms with E-state index in [1.54, 1.807) is 0 Å². The quantitative estimate of drug-likeness (QED) is 0.693. The summed E-state index contributed by atoms with van der Waals surface area (Å²) in [6.07, 6.45) is 0.488. The average molecular weight is 204 g/mol. The lowest BCUT2D eigenvalue weighted by molar-refractivity contribution is 0.0122. The van der Waals surface area contributed by atoms with Gasteiger partial charge in [-0.3, -0.25) is 9.48 Å². The second-order valence-corrected chi connectivity index (χ2v) is 2.58. The van der Waals surface area contributed by atoms with E-state index < -0.39 is 5.92 Å². The molecule has 0 radical (unpaired) electrons. The Bertz CT molecular complexity index is 302. The van der Waals surface area contributed by atoms with E-state index in [4.69, 9.17) is 0 Å². The first-order valence-electron chi connectivity index (χ1n) is 4.32. The molecule has 1 aromatic rings. The summed E-state index contributed by atoms with van der Waals surface area (Å²) in [6.45, 7) is 4.74. The summed E-state index contributed by atoms with van der Waals surface area (Å²) in [5, 5.41) is 3.49. The molecule has 0 unspecified atom stereocenters. The number of halogens is 2. The van der Waals surface area contributed by atoms with Crippen LogP contribution in [-0.2, 0) is 13.0 Å². The number of aromatic nitrogens is 2. The van der Waals surface area contributed by atoms with E-state index in [1.807, 2.05) is 13.8 Å². The Balaban J connectivity index is 0.000000791. The van der Waals surface area contributed by atoms with E-state index in [-0.39, 0.29) is 11.4 Å². The van der Waals surface area contributed by atoms with Crippen molar-refractivity contribution >= 4 is 6.29 Å². The first kappa shape index (κ1) is 12.7. The Labute approximate surface area is 81.7 Å². The van der Waals surface area contributed by atoms with Crippen molar-refractivity contribution in [2.75, 3.05) is 0 Å². The van der Waals surface area contributed by atoms with Crippen molar-refractivity contribution in [2.24, 2.45) is 7.05 Å². The second kappa shape index (κ2) is 4.83. The standard InChI is InChI=1S/C7H8F2N2O.C2H6/c1-7(8,9)6-3-5(4-12)11(2)10-6;1-2/h3-4H,1-2H3;1-2H3. The molecule has 1 rings (SSSR count). The van der Waals surface area contributed by atoms with Crippen molar-refractivity contribution in [1.29, 1.82) is 0 Å². The van der Waals surface area contributed by atoms with E-state index in [2.05, 4.69) is 5.10 Å². The zero-order valence-corrected chi connectivity index (χ0v) is 8.71. The first-order valence-corrected chi connectivity index (χ1v) is 4.32. The fraction of sp³-hybridized carbons (Fsp3) is 0.556. The van der Waals surface area contributed by atoms with Gasteiger partial charge in [0, 0.05) is 14.0 Å². The van der Waals surface area contributed by atoms with Crippen LogP contribution in [0.15, 0.2) is 6.07 Å². The molecule has 0 bridgehead atoms. The van der Waals surface area contributed by atoms with Crippen molar-refractivity contribution < 1.29 is 13.6 Å². The Morgan fingerprint density at radius 2 is 2.00 bits per heavy atom. The van der Waals surface area contributed by atoms with Crippen molar-refractivity contribution in [1.82, 2.24) is 9.78 Å². The summed E-state index contributed by atoms with van der Waals surface area (Å²) in [6, 6.07) is 1.08. The molecule has 14 heavy (non-hydrogen) atoms. The third kappa shape index (κ3) is 2.90. The van der Waals surface area contributed by atoms with Crippen LogP contribution < -0.4 is 0 Å². The molecule has 0 saturated heterocycles. The number of nitrogens with zero attached hydrogens (tertiary/aromatic N) is 2. The van der Waals surface area contributed by atoms with Gasteiger partial charge in [-0.1, -0.05) is 13.8 Å². The predicted octanol–water partition coefficient (Wildman–Crippen LogP) is 2.37. The van der Waals surface area contributed by atoms with E-state index >= 15 is 0 Å². The van der Waals surface area contributed by atoms with Crippen LogP contribution in [0.2, 0.25) is 0 Å². The summed E-state index contributed by atoms with van der Waals surface area (Å²) in [4.78, 5) is 10.3. The van der Waals surface area contributed by atoms with Gasteiger partial charge in [-0.25, -0.2) is 0 Å². The fourth-order valence-electron chi connectivity index (χ4n) is 0.807. The maximum atomic E-state index is 12.6. The van der Waals surface area contributed by atoms with Gasteiger partial charge in [0.2, 0.25) is 0 Å². The van der Waals surface area contributed by atoms with Crippen LogP contribution in [0.1, 0.15) is 37.0 Å². The molecule has 5 heteroatoms. The van der Waals surface area contributed by atoms with Gasteiger partial charge < -0.3 is 0 Å². The number of aryl methyl sites for hydroxylation is 1. The molecule has 1 heterocycles. The third-order valence-electron chi connectivity index (χ3n) is 1.49. The number of rotatable bonds is 2. The maximum absolute atomic E-state index is 12.6. The molecule has 0 fully saturated rings. The molecule has 0 atom stereocenters. The molecule has 0 aliphatic carbocycles. The average Bonchev–Trinajstić information content (AvgIpc) is 2.49. The molecule has 1 aromatic heterocycles. The molecule has 80 valence electrons. The number of carbonyl (C=O) groups excluding carboxylic acids is 1. The highest BCUT2D eigenvalue weighted by atomic mass is 19.3. The highest BCUT2D eigenvalue weighted by molar-refractivity contribution is 5.72. The Morgan fingerprint density at radius 1 is 1.50 bits per heavy atom. The zero-order chi connectivity index (χ0) is 11.4. The lowest BCUT2D eigenvalue weighted by atomic mass is 10.2. The van der Waals surface area contributed by atoms with Gasteiger partial charge in [0.05, 0.1) is 0 Å². The minimum atomic E-state index is -2.99. The minimum absolute atomic E-state index is 0.145. The molecule has 3 nitrogen and oxygen atoms in total. The van der Waals surface area contributed by atoms with Crippen LogP contribution in [-0.4, -0.2) is 16.1 Å². The topological polar surface area (TPSA) is 34.9 Å². The molecule has 0 spiro atoms. The number of hydrogen-bond acceptors (Lipinski definition) is 2. The summed E-state index contributed by atoms with van der Waals surface area (Å²) in [5.41, 5.74) is -0.237. The summed E-state index contributed by atoms with van der Waals surface area (Å²) in [5.74, 6) is -2.99. The zero-order valence-electron chi connectivity index (χ0n) is 8.71. The van der Waals surface area contributed by atoms with Crippen LogP contribution in [0.5, 0.6) is 0 Å². The molecular formula is C9H14F2N2O. The Morgan fingerprint density at radius 3 is 2.21 bits per heavy atom. The molecule has 0 aromatic carbocycles. The van der Waals surface area contributed by atoms with E-state index in [0.717, 1.165) is 17.7 Å². The maximum Gasteiger partial charge on any atom is 0.288 e. The SMILES string of the molecule is CC.Cn1nc(C(C)(F)F)cc1C=O. The highest BCUT2D eigenvalue weighted by Crippen LogP contribution is 2.25. The number of aldehydes is 1. The van der Waals surface area contributed by atoms with Crippen molar-refractivity contribution in [3.63, 3.8) is 0 Å². The van der Waals surface area contributed by atoms with Crippen LogP contribution in [0.25, 0.3) is 0 Å². The van der Waals surface area contributed by atoms with Crippen LogP contribution >= 0.6 is 0 Å². The van der Waals surface area contributed by atoms with E-state index in [9.17, 15) is 13.6 Å². The Hall–Kier alpha value is -1.26. The van der Waals surface area contributed by atoms with Gasteiger partial charge in [0.25, 0.3) is 5.92 Å². The van der Waals surface area contributed by atoms with Gasteiger partial charge in [-0.05, 0) is 6.07 Å². The summed E-state index contributed by atoms with van der Waals surface area (Å²) >= 11 is 0. The van der Waals surface area contributed by atoms with Gasteiger partial charge in [0.15, 0.2) is 6.29 Å². The largest absolute Gasteiger partial charge is 0.296 e. The minimum Gasteiger partial charge on any atom is -0.296 e. The molecule has 0 N–H and O–H groups in total. The molecule has 0 aliphatic rings. The first-order chi connectivity index (χ1) is 6.45. The van der Waals surface area contributed by atoms with Gasteiger partial charge in [0.1, 0.15) is 11.4 Å². The smallest absolute Gasteiger partial charge is 0.288 e. The predicted molar refractivity (Wildman–Crippen MR) is 49.5 cm³/mol. The van der Waals surface area contributed by atoms with Crippen molar-refractivity contribution in [3.05, 3.63) is 17.5 Å². The van der Waals surface area contributed by atoms with E-state index in [1.165, 1.54) is 7.05 Å². The lowest BCUT2D eigenvalue weighted by Gasteiger charge is -2.03. The Kier molecular flexibility index (Phi) is 4.40. The second-order valence-electron chi connectivity index (χ2n) is 2.58. The van der Waals surface area contributed by atoms with E-state index in [0.29, 0.717) is 6.29 Å². The normalized spacial score (nSPS) is 10.4. The van der Waals surface area contributed by atoms with Crippen molar-refractivity contribution in [3.8, 4) is 0 Å². The fourth-order valence-corrected chi connectivity index (χ4v) is 0.807. The van der Waals surface area contributed by atoms with Crippen LogP contribution in [0.3, 0.4) is 0 Å². The van der Waals surface area contributed by atoms with Gasteiger partial charge in [-0.2, -0.15) is 13.9 Å². The lowest BCUT2D eigenvalue weighted by Crippen LogP contribution is -2.08. The molecule has 0 saturated carbocycles. The molecule has 0 aliphatic heterocycles. The number of alkyl halides is 2. The van der Waals surface area contributed by atoms with Gasteiger partial charge in [-0.15, -0.1) is 0 Å². The van der Waals surface area contributed by atoms with Crippen LogP contribution in [0.4, 0.5) is 8.78 Å². The monoisotopic (exact) mass is 204 g/mol. The molecular weight excluding hydrogens is 190 g/mol. The number of carbonyl (C=O) groups is 1. The number of hydrogen-bond donors (Lipinski definition) is 0. The molecule has 0 amide bonds. The van der Waals surface area contributed by atoms with Crippen molar-refractivity contribution in [2.45, 2.75) is 26.7 Å². The third-order valence-corrected chi connectivity index (χ3v) is 1.49. The van der Waals surface area contributed by atoms with Gasteiger partial charge >= 0.3 is 0 Å². The summed E-state index contributed by atoms with van der Waals surface area (Å²) < 4.78 is 26.3. The highest BCUT2D eigenvalue weighted by Gasteiger charge is 2.28.